The molecule has 1 saturated carbocycles. The van der Waals surface area contributed by atoms with Crippen LogP contribution in [0, 0.1) is 0 Å². The summed E-state index contributed by atoms with van der Waals surface area (Å²) in [6.07, 6.45) is 6.15. The Labute approximate surface area is 132 Å². The van der Waals surface area contributed by atoms with E-state index in [1.807, 2.05) is 4.90 Å². The molecule has 0 N–H and O–H groups in total. The number of hydrogen-bond acceptors (Lipinski definition) is 5. The molecule has 4 rings (SSSR count). The third-order valence-electron chi connectivity index (χ3n) is 4.83. The first-order valence-corrected chi connectivity index (χ1v) is 7.93. The second-order valence-electron chi connectivity index (χ2n) is 6.18. The highest BCUT2D eigenvalue weighted by Crippen LogP contribution is 2.29. The van der Waals surface area contributed by atoms with Gasteiger partial charge in [0, 0.05) is 13.6 Å². The number of nitrogens with zero attached hydrogens (tertiary/aromatic N) is 5. The maximum Gasteiger partial charge on any atom is 0.264 e. The van der Waals surface area contributed by atoms with Gasteiger partial charge in [-0.3, -0.25) is 18.8 Å². The van der Waals surface area contributed by atoms with Gasteiger partial charge in [-0.1, -0.05) is 0 Å². The summed E-state index contributed by atoms with van der Waals surface area (Å²) in [6, 6.07) is 0.155. The fourth-order valence-electron chi connectivity index (χ4n) is 3.65. The van der Waals surface area contributed by atoms with Gasteiger partial charge in [-0.05, 0) is 19.3 Å². The van der Waals surface area contributed by atoms with Gasteiger partial charge in [-0.25, -0.2) is 4.98 Å². The molecule has 0 unspecified atom stereocenters. The zero-order valence-corrected chi connectivity index (χ0v) is 13.0. The van der Waals surface area contributed by atoms with Crippen LogP contribution in [0.2, 0.25) is 0 Å². The first kappa shape index (κ1) is 14.4. The summed E-state index contributed by atoms with van der Waals surface area (Å²) < 4.78 is 8.65. The monoisotopic (exact) mass is 317 g/mol. The van der Waals surface area contributed by atoms with Crippen molar-refractivity contribution in [1.82, 2.24) is 24.2 Å². The van der Waals surface area contributed by atoms with Crippen molar-refractivity contribution < 1.29 is 9.53 Å². The second-order valence-corrected chi connectivity index (χ2v) is 6.18. The molecule has 1 saturated heterocycles. The number of morpholine rings is 1. The van der Waals surface area contributed by atoms with Crippen molar-refractivity contribution >= 4 is 16.9 Å². The SMILES string of the molecule is Cn1ncc2c(=O)n(CC(=O)N3CCO[C@H]4CCC[C@H]43)cnc21. The molecule has 8 nitrogen and oxygen atoms in total. The lowest BCUT2D eigenvalue weighted by Crippen LogP contribution is -2.52. The maximum atomic E-state index is 12.7. The number of carbonyl (C=O) groups is 1. The second kappa shape index (κ2) is 5.45. The van der Waals surface area contributed by atoms with Crippen molar-refractivity contribution in [3.05, 3.63) is 22.9 Å². The zero-order valence-electron chi connectivity index (χ0n) is 13.0. The summed E-state index contributed by atoms with van der Waals surface area (Å²) in [4.78, 5) is 31.2. The van der Waals surface area contributed by atoms with Crippen LogP contribution in [0.25, 0.3) is 11.0 Å². The van der Waals surface area contributed by atoms with E-state index in [1.54, 1.807) is 11.7 Å². The Morgan fingerprint density at radius 2 is 2.30 bits per heavy atom. The molecule has 2 aliphatic rings. The zero-order chi connectivity index (χ0) is 16.0. The number of carbonyl (C=O) groups excluding carboxylic acids is 1. The molecule has 8 heteroatoms. The standard InChI is InChI=1S/C15H19N5O3/c1-18-14-10(7-17-18)15(22)19(9-16-14)8-13(21)20-5-6-23-12-4-2-3-11(12)20/h7,9,11-12H,2-6,8H2,1H3/t11-,12+/m1/s1. The molecule has 2 aromatic rings. The first-order valence-electron chi connectivity index (χ1n) is 7.93. The highest BCUT2D eigenvalue weighted by Gasteiger charge is 2.38. The third kappa shape index (κ3) is 2.33. The van der Waals surface area contributed by atoms with Crippen LogP contribution in [-0.4, -0.2) is 55.4 Å². The van der Waals surface area contributed by atoms with E-state index < -0.39 is 0 Å². The number of aryl methyl sites for hydroxylation is 1. The van der Waals surface area contributed by atoms with E-state index in [1.165, 1.54) is 17.1 Å². The number of ether oxygens (including phenoxy) is 1. The molecule has 3 heterocycles. The van der Waals surface area contributed by atoms with E-state index in [0.717, 1.165) is 19.3 Å². The van der Waals surface area contributed by atoms with Gasteiger partial charge in [-0.15, -0.1) is 0 Å². The molecule has 1 aliphatic heterocycles. The van der Waals surface area contributed by atoms with Crippen LogP contribution < -0.4 is 5.56 Å². The molecule has 0 radical (unpaired) electrons. The number of amides is 1. The van der Waals surface area contributed by atoms with Crippen LogP contribution in [0.15, 0.2) is 17.3 Å². The number of fused-ring (bicyclic) bond motifs is 2. The predicted octanol–water partition coefficient (Wildman–Crippen LogP) is -0.0901. The molecule has 1 amide bonds. The van der Waals surface area contributed by atoms with Gasteiger partial charge in [0.05, 0.1) is 24.9 Å². The largest absolute Gasteiger partial charge is 0.374 e. The first-order chi connectivity index (χ1) is 11.1. The van der Waals surface area contributed by atoms with Gasteiger partial charge >= 0.3 is 0 Å². The van der Waals surface area contributed by atoms with Gasteiger partial charge in [0.1, 0.15) is 18.3 Å². The molecule has 0 spiro atoms. The van der Waals surface area contributed by atoms with Crippen LogP contribution in [0.5, 0.6) is 0 Å². The smallest absolute Gasteiger partial charge is 0.264 e. The van der Waals surface area contributed by atoms with Gasteiger partial charge in [0.15, 0.2) is 5.65 Å². The summed E-state index contributed by atoms with van der Waals surface area (Å²) in [5.41, 5.74) is 0.300. The van der Waals surface area contributed by atoms with Crippen LogP contribution in [-0.2, 0) is 23.1 Å². The van der Waals surface area contributed by atoms with Crippen molar-refractivity contribution in [1.29, 1.82) is 0 Å². The Hall–Kier alpha value is -2.22. The minimum Gasteiger partial charge on any atom is -0.374 e. The van der Waals surface area contributed by atoms with Crippen LogP contribution in [0.4, 0.5) is 0 Å². The quantitative estimate of drug-likeness (QED) is 0.773. The van der Waals surface area contributed by atoms with E-state index in [2.05, 4.69) is 10.1 Å². The average Bonchev–Trinajstić information content (AvgIpc) is 3.16. The molecular formula is C15H19N5O3. The van der Waals surface area contributed by atoms with E-state index in [-0.39, 0.29) is 30.2 Å². The molecule has 23 heavy (non-hydrogen) atoms. The van der Waals surface area contributed by atoms with Gasteiger partial charge in [-0.2, -0.15) is 5.10 Å². The lowest BCUT2D eigenvalue weighted by Gasteiger charge is -2.37. The summed E-state index contributed by atoms with van der Waals surface area (Å²) in [5.74, 6) is -0.0441. The van der Waals surface area contributed by atoms with Crippen LogP contribution >= 0.6 is 0 Å². The minimum absolute atomic E-state index is 0.0138. The van der Waals surface area contributed by atoms with Gasteiger partial charge in [0.25, 0.3) is 5.56 Å². The summed E-state index contributed by atoms with van der Waals surface area (Å²) in [7, 11) is 1.73. The Morgan fingerprint density at radius 3 is 3.17 bits per heavy atom. The lowest BCUT2D eigenvalue weighted by molar-refractivity contribution is -0.144. The van der Waals surface area contributed by atoms with Crippen molar-refractivity contribution in [2.75, 3.05) is 13.2 Å². The van der Waals surface area contributed by atoms with Gasteiger partial charge in [0.2, 0.25) is 5.91 Å². The molecule has 1 aliphatic carbocycles. The number of hydrogen-bond donors (Lipinski definition) is 0. The Balaban J connectivity index is 1.59. The van der Waals surface area contributed by atoms with Crippen molar-refractivity contribution in [2.24, 2.45) is 7.05 Å². The predicted molar refractivity (Wildman–Crippen MR) is 81.9 cm³/mol. The highest BCUT2D eigenvalue weighted by molar-refractivity contribution is 5.77. The van der Waals surface area contributed by atoms with E-state index in [9.17, 15) is 9.59 Å². The average molecular weight is 317 g/mol. The number of rotatable bonds is 2. The molecule has 2 atom stereocenters. The summed E-state index contributed by atoms with van der Waals surface area (Å²) in [6.45, 7) is 1.18. The van der Waals surface area contributed by atoms with Crippen molar-refractivity contribution in [2.45, 2.75) is 38.0 Å². The van der Waals surface area contributed by atoms with E-state index >= 15 is 0 Å². The summed E-state index contributed by atoms with van der Waals surface area (Å²) in [5, 5.41) is 4.47. The fraction of sp³-hybridized carbons (Fsp3) is 0.600. The molecule has 0 aromatic carbocycles. The number of aromatic nitrogens is 4. The molecule has 2 aromatic heterocycles. The Kier molecular flexibility index (Phi) is 3.41. The molecule has 2 fully saturated rings. The molecule has 122 valence electrons. The molecular weight excluding hydrogens is 298 g/mol. The normalized spacial score (nSPS) is 24.1. The third-order valence-corrected chi connectivity index (χ3v) is 4.83. The lowest BCUT2D eigenvalue weighted by atomic mass is 10.1. The van der Waals surface area contributed by atoms with Crippen LogP contribution in [0.3, 0.4) is 0 Å². The highest BCUT2D eigenvalue weighted by atomic mass is 16.5. The van der Waals surface area contributed by atoms with Crippen molar-refractivity contribution in [3.8, 4) is 0 Å². The van der Waals surface area contributed by atoms with E-state index in [0.29, 0.717) is 24.2 Å². The Morgan fingerprint density at radius 1 is 1.43 bits per heavy atom. The minimum atomic E-state index is -0.229. The van der Waals surface area contributed by atoms with E-state index in [4.69, 9.17) is 4.74 Å². The molecule has 0 bridgehead atoms. The van der Waals surface area contributed by atoms with Crippen LogP contribution in [0.1, 0.15) is 19.3 Å². The topological polar surface area (TPSA) is 82.2 Å². The van der Waals surface area contributed by atoms with Gasteiger partial charge < -0.3 is 9.64 Å². The maximum absolute atomic E-state index is 12.7. The fourth-order valence-corrected chi connectivity index (χ4v) is 3.65. The van der Waals surface area contributed by atoms with Crippen molar-refractivity contribution in [3.63, 3.8) is 0 Å². The Bertz CT molecular complexity index is 811. The summed E-state index contributed by atoms with van der Waals surface area (Å²) >= 11 is 0.